The molecule has 6 nitrogen and oxygen atoms in total. The Morgan fingerprint density at radius 2 is 2.21 bits per heavy atom. The van der Waals surface area contributed by atoms with E-state index in [1.165, 1.54) is 12.1 Å². The molecule has 0 atom stereocenters. The van der Waals surface area contributed by atoms with Crippen molar-refractivity contribution in [3.63, 3.8) is 0 Å². The van der Waals surface area contributed by atoms with E-state index in [0.29, 0.717) is 0 Å². The number of aliphatic carboxylic acids is 1. The van der Waals surface area contributed by atoms with E-state index in [1.54, 1.807) is 13.0 Å². The smallest absolute Gasteiger partial charge is 0.323 e. The molecule has 0 saturated carbocycles. The summed E-state index contributed by atoms with van der Waals surface area (Å²) in [7, 11) is 0. The van der Waals surface area contributed by atoms with Crippen molar-refractivity contribution < 1.29 is 19.1 Å². The Balaban J connectivity index is 2.81. The third-order valence-corrected chi connectivity index (χ3v) is 2.33. The second kappa shape index (κ2) is 6.35. The van der Waals surface area contributed by atoms with Gasteiger partial charge in [0, 0.05) is 6.54 Å². The van der Waals surface area contributed by atoms with Gasteiger partial charge in [-0.15, -0.1) is 0 Å². The number of rotatable bonds is 4. The molecule has 1 rings (SSSR count). The van der Waals surface area contributed by atoms with Crippen LogP contribution in [0.2, 0.25) is 0 Å². The number of carbonyl (C=O) groups is 2. The van der Waals surface area contributed by atoms with E-state index in [-0.39, 0.29) is 17.8 Å². The number of urea groups is 1. The first kappa shape index (κ1) is 14.4. The van der Waals surface area contributed by atoms with E-state index < -0.39 is 24.4 Å². The lowest BCUT2D eigenvalue weighted by atomic mass is 10.2. The summed E-state index contributed by atoms with van der Waals surface area (Å²) in [5.74, 6) is -1.91. The summed E-state index contributed by atoms with van der Waals surface area (Å²) >= 11 is 0. The Morgan fingerprint density at radius 3 is 2.68 bits per heavy atom. The largest absolute Gasteiger partial charge is 0.480 e. The normalized spacial score (nSPS) is 9.53. The van der Waals surface area contributed by atoms with Gasteiger partial charge in [-0.3, -0.25) is 4.79 Å². The van der Waals surface area contributed by atoms with E-state index in [9.17, 15) is 14.0 Å². The van der Waals surface area contributed by atoms with Crippen LogP contribution in [0, 0.1) is 17.1 Å². The average molecular weight is 265 g/mol. The molecule has 0 aliphatic rings. The minimum atomic E-state index is -1.16. The van der Waals surface area contributed by atoms with Gasteiger partial charge in [0.2, 0.25) is 0 Å². The van der Waals surface area contributed by atoms with Crippen LogP contribution in [0.15, 0.2) is 18.2 Å². The number of hydrogen-bond donors (Lipinski definition) is 2. The first-order valence-electron chi connectivity index (χ1n) is 5.45. The van der Waals surface area contributed by atoms with E-state index in [0.717, 1.165) is 11.0 Å². The lowest BCUT2D eigenvalue weighted by Gasteiger charge is -2.19. The van der Waals surface area contributed by atoms with Crippen LogP contribution in [-0.2, 0) is 4.79 Å². The van der Waals surface area contributed by atoms with Crippen LogP contribution in [0.1, 0.15) is 12.5 Å². The zero-order valence-corrected chi connectivity index (χ0v) is 10.2. The molecule has 0 aromatic heterocycles. The van der Waals surface area contributed by atoms with Crippen molar-refractivity contribution in [2.75, 3.05) is 18.4 Å². The lowest BCUT2D eigenvalue weighted by Crippen LogP contribution is -2.38. The molecule has 0 aliphatic heterocycles. The molecule has 0 unspecified atom stereocenters. The Morgan fingerprint density at radius 1 is 1.53 bits per heavy atom. The number of benzene rings is 1. The Bertz CT molecular complexity index is 540. The van der Waals surface area contributed by atoms with E-state index in [1.807, 2.05) is 0 Å². The van der Waals surface area contributed by atoms with Gasteiger partial charge >= 0.3 is 12.0 Å². The molecule has 19 heavy (non-hydrogen) atoms. The second-order valence-electron chi connectivity index (χ2n) is 3.64. The summed E-state index contributed by atoms with van der Waals surface area (Å²) in [5, 5.41) is 19.5. The minimum Gasteiger partial charge on any atom is -0.480 e. The van der Waals surface area contributed by atoms with Crippen molar-refractivity contribution in [1.29, 1.82) is 5.26 Å². The second-order valence-corrected chi connectivity index (χ2v) is 3.64. The molecule has 1 aromatic rings. The molecule has 0 aliphatic carbocycles. The maximum Gasteiger partial charge on any atom is 0.323 e. The summed E-state index contributed by atoms with van der Waals surface area (Å²) in [6.45, 7) is 1.31. The van der Waals surface area contributed by atoms with E-state index >= 15 is 0 Å². The number of hydrogen-bond acceptors (Lipinski definition) is 3. The Kier molecular flexibility index (Phi) is 4.83. The van der Waals surface area contributed by atoms with Crippen LogP contribution in [0.4, 0.5) is 14.9 Å². The summed E-state index contributed by atoms with van der Waals surface area (Å²) in [6.07, 6.45) is 0. The SMILES string of the molecule is CCN(CC(=O)O)C(=O)Nc1ccc(C#N)cc1F. The maximum absolute atomic E-state index is 13.5. The average Bonchev–Trinajstić information content (AvgIpc) is 2.37. The van der Waals surface area contributed by atoms with Gasteiger partial charge in [-0.1, -0.05) is 0 Å². The summed E-state index contributed by atoms with van der Waals surface area (Å²) in [5.41, 5.74) is 0.0289. The molecule has 0 heterocycles. The number of carboxylic acids is 1. The van der Waals surface area contributed by atoms with Gasteiger partial charge in [-0.25, -0.2) is 9.18 Å². The molecule has 0 radical (unpaired) electrons. The van der Waals surface area contributed by atoms with Gasteiger partial charge in [0.05, 0.1) is 17.3 Å². The standard InChI is InChI=1S/C12H12FN3O3/c1-2-16(7-11(17)18)12(19)15-10-4-3-8(6-14)5-9(10)13/h3-5H,2,7H2,1H3,(H,15,19)(H,17,18). The van der Waals surface area contributed by atoms with Crippen molar-refractivity contribution in [3.8, 4) is 6.07 Å². The van der Waals surface area contributed by atoms with E-state index in [2.05, 4.69) is 5.32 Å². The molecule has 100 valence electrons. The fraction of sp³-hybridized carbons (Fsp3) is 0.250. The Hall–Kier alpha value is -2.62. The zero-order valence-electron chi connectivity index (χ0n) is 10.2. The van der Waals surface area contributed by atoms with Crippen molar-refractivity contribution in [1.82, 2.24) is 4.90 Å². The maximum atomic E-state index is 13.5. The van der Waals surface area contributed by atoms with Crippen molar-refractivity contribution in [3.05, 3.63) is 29.6 Å². The van der Waals surface area contributed by atoms with Crippen LogP contribution in [0.3, 0.4) is 0 Å². The highest BCUT2D eigenvalue weighted by Gasteiger charge is 2.16. The third kappa shape index (κ3) is 3.96. The topological polar surface area (TPSA) is 93.4 Å². The van der Waals surface area contributed by atoms with Gasteiger partial charge in [0.25, 0.3) is 0 Å². The number of carboxylic acid groups (broad SMARTS) is 1. The van der Waals surface area contributed by atoms with Crippen LogP contribution >= 0.6 is 0 Å². The van der Waals surface area contributed by atoms with Crippen LogP contribution in [0.25, 0.3) is 0 Å². The van der Waals surface area contributed by atoms with Crippen LogP contribution in [-0.4, -0.2) is 35.1 Å². The minimum absolute atomic E-state index is 0.104. The fourth-order valence-electron chi connectivity index (χ4n) is 1.37. The molecular weight excluding hydrogens is 253 g/mol. The molecule has 0 bridgehead atoms. The number of likely N-dealkylation sites (N-methyl/N-ethyl adjacent to an activating group) is 1. The first-order chi connectivity index (χ1) is 8.97. The van der Waals surface area contributed by atoms with Gasteiger partial charge in [-0.2, -0.15) is 5.26 Å². The fourth-order valence-corrected chi connectivity index (χ4v) is 1.37. The third-order valence-electron chi connectivity index (χ3n) is 2.33. The van der Waals surface area contributed by atoms with Gasteiger partial charge in [-0.05, 0) is 25.1 Å². The highest BCUT2D eigenvalue weighted by atomic mass is 19.1. The van der Waals surface area contributed by atoms with Crippen LogP contribution < -0.4 is 5.32 Å². The molecular formula is C12H12FN3O3. The number of halogens is 1. The molecule has 0 spiro atoms. The zero-order chi connectivity index (χ0) is 14.4. The monoisotopic (exact) mass is 265 g/mol. The summed E-state index contributed by atoms with van der Waals surface area (Å²) in [4.78, 5) is 23.3. The number of nitrogens with one attached hydrogen (secondary N) is 1. The summed E-state index contributed by atoms with van der Waals surface area (Å²) in [6, 6.07) is 4.65. The predicted molar refractivity (Wildman–Crippen MR) is 65.0 cm³/mol. The Labute approximate surface area is 109 Å². The summed E-state index contributed by atoms with van der Waals surface area (Å²) < 4.78 is 13.5. The molecule has 2 amide bonds. The molecule has 0 saturated heterocycles. The molecule has 7 heteroatoms. The molecule has 1 aromatic carbocycles. The van der Waals surface area contributed by atoms with Gasteiger partial charge in [0.1, 0.15) is 12.4 Å². The first-order valence-corrected chi connectivity index (χ1v) is 5.45. The quantitative estimate of drug-likeness (QED) is 0.865. The number of nitrogens with zero attached hydrogens (tertiary/aromatic N) is 2. The van der Waals surface area contributed by atoms with E-state index in [4.69, 9.17) is 10.4 Å². The predicted octanol–water partition coefficient (Wildman–Crippen LogP) is 1.64. The highest BCUT2D eigenvalue weighted by molar-refractivity contribution is 5.91. The van der Waals surface area contributed by atoms with Crippen molar-refractivity contribution in [2.24, 2.45) is 0 Å². The van der Waals surface area contributed by atoms with Gasteiger partial charge < -0.3 is 15.3 Å². The lowest BCUT2D eigenvalue weighted by molar-refractivity contribution is -0.137. The molecule has 2 N–H and O–H groups in total. The van der Waals surface area contributed by atoms with Crippen molar-refractivity contribution >= 4 is 17.7 Å². The van der Waals surface area contributed by atoms with Gasteiger partial charge in [0.15, 0.2) is 0 Å². The number of anilines is 1. The number of nitriles is 1. The van der Waals surface area contributed by atoms with Crippen molar-refractivity contribution in [2.45, 2.75) is 6.92 Å². The number of carbonyl (C=O) groups excluding carboxylic acids is 1. The molecule has 0 fully saturated rings. The highest BCUT2D eigenvalue weighted by Crippen LogP contribution is 2.15. The number of amides is 2. The van der Waals surface area contributed by atoms with Crippen LogP contribution in [0.5, 0.6) is 0 Å².